The van der Waals surface area contributed by atoms with Crippen LogP contribution in [0.4, 0.5) is 0 Å². The van der Waals surface area contributed by atoms with Gasteiger partial charge in [0.05, 0.1) is 18.2 Å². The van der Waals surface area contributed by atoms with Crippen molar-refractivity contribution in [1.29, 1.82) is 0 Å². The number of hydrogen-bond donors (Lipinski definition) is 0. The first-order chi connectivity index (χ1) is 14.8. The van der Waals surface area contributed by atoms with Gasteiger partial charge in [-0.1, -0.05) is 42.6 Å². The summed E-state index contributed by atoms with van der Waals surface area (Å²) >= 11 is 6.28. The molecule has 0 N–H and O–H groups in total. The van der Waals surface area contributed by atoms with Crippen LogP contribution in [0.2, 0.25) is 5.02 Å². The van der Waals surface area contributed by atoms with Crippen LogP contribution in [-0.4, -0.2) is 50.8 Å². The molecule has 0 spiro atoms. The number of amides is 1. The fourth-order valence-corrected chi connectivity index (χ4v) is 5.87. The topological polar surface area (TPSA) is 66.9 Å². The second-order valence-electron chi connectivity index (χ2n) is 7.80. The van der Waals surface area contributed by atoms with Crippen LogP contribution < -0.4 is 4.74 Å². The van der Waals surface area contributed by atoms with Crippen molar-refractivity contribution in [1.82, 2.24) is 9.21 Å². The lowest BCUT2D eigenvalue weighted by Gasteiger charge is -2.27. The Morgan fingerprint density at radius 2 is 1.74 bits per heavy atom. The highest BCUT2D eigenvalue weighted by atomic mass is 35.5. The number of carbonyl (C=O) groups is 1. The van der Waals surface area contributed by atoms with Crippen LogP contribution in [0.3, 0.4) is 0 Å². The SMILES string of the molecule is COc1ccccc1C(C)N(C)C(=O)c1ccc(Cl)c(S(=O)(=O)N2CCCCCC2)c1. The quantitative estimate of drug-likeness (QED) is 0.618. The maximum Gasteiger partial charge on any atom is 0.254 e. The molecule has 1 aliphatic rings. The van der Waals surface area contributed by atoms with E-state index in [1.54, 1.807) is 25.1 Å². The molecule has 1 fully saturated rings. The molecule has 1 amide bonds. The zero-order chi connectivity index (χ0) is 22.6. The van der Waals surface area contributed by atoms with Gasteiger partial charge in [0.1, 0.15) is 10.6 Å². The number of carbonyl (C=O) groups excluding carboxylic acids is 1. The fraction of sp³-hybridized carbons (Fsp3) is 0.435. The molecule has 0 aromatic heterocycles. The van der Waals surface area contributed by atoms with Crippen molar-refractivity contribution in [2.45, 2.75) is 43.5 Å². The third-order valence-corrected chi connectivity index (χ3v) is 8.23. The molecule has 1 unspecified atom stereocenters. The van der Waals surface area contributed by atoms with Crippen LogP contribution in [0.5, 0.6) is 5.75 Å². The van der Waals surface area contributed by atoms with E-state index in [2.05, 4.69) is 0 Å². The molecule has 31 heavy (non-hydrogen) atoms. The summed E-state index contributed by atoms with van der Waals surface area (Å²) in [6, 6.07) is 11.7. The van der Waals surface area contributed by atoms with Gasteiger partial charge >= 0.3 is 0 Å². The summed E-state index contributed by atoms with van der Waals surface area (Å²) in [6.07, 6.45) is 3.69. The molecule has 1 aliphatic heterocycles. The summed E-state index contributed by atoms with van der Waals surface area (Å²) in [5, 5.41) is 0.126. The number of nitrogens with zero attached hydrogens (tertiary/aromatic N) is 2. The van der Waals surface area contributed by atoms with Crippen molar-refractivity contribution < 1.29 is 17.9 Å². The number of benzene rings is 2. The predicted octanol–water partition coefficient (Wildman–Crippen LogP) is 4.75. The van der Waals surface area contributed by atoms with Crippen molar-refractivity contribution in [3.05, 3.63) is 58.6 Å². The number of para-hydroxylation sites is 1. The molecule has 1 saturated heterocycles. The number of methoxy groups -OCH3 is 1. The predicted molar refractivity (Wildman–Crippen MR) is 122 cm³/mol. The standard InChI is InChI=1S/C23H29ClN2O4S/c1-17(19-10-6-7-11-21(19)30-3)25(2)23(27)18-12-13-20(24)22(16-18)31(28,29)26-14-8-4-5-9-15-26/h6-7,10-13,16-17H,4-5,8-9,14-15H2,1-3H3. The molecule has 1 heterocycles. The highest BCUT2D eigenvalue weighted by Crippen LogP contribution is 2.31. The maximum absolute atomic E-state index is 13.2. The average molecular weight is 465 g/mol. The van der Waals surface area contributed by atoms with E-state index in [1.807, 2.05) is 31.2 Å². The highest BCUT2D eigenvalue weighted by Gasteiger charge is 2.29. The van der Waals surface area contributed by atoms with Gasteiger partial charge < -0.3 is 9.64 Å². The minimum absolute atomic E-state index is 0.0136. The second kappa shape index (κ2) is 10.0. The Labute approximate surface area is 189 Å². The van der Waals surface area contributed by atoms with Gasteiger partial charge in [-0.05, 0) is 44.0 Å². The molecule has 0 radical (unpaired) electrons. The highest BCUT2D eigenvalue weighted by molar-refractivity contribution is 7.89. The molecule has 168 valence electrons. The monoisotopic (exact) mass is 464 g/mol. The summed E-state index contributed by atoms with van der Waals surface area (Å²) in [4.78, 5) is 14.8. The summed E-state index contributed by atoms with van der Waals surface area (Å²) in [5.74, 6) is 0.401. The van der Waals surface area contributed by atoms with E-state index in [0.29, 0.717) is 18.8 Å². The number of sulfonamides is 1. The van der Waals surface area contributed by atoms with Crippen LogP contribution in [0.1, 0.15) is 54.6 Å². The van der Waals surface area contributed by atoms with Crippen LogP contribution in [0.15, 0.2) is 47.4 Å². The number of ether oxygens (including phenoxy) is 1. The van der Waals surface area contributed by atoms with Crippen molar-refractivity contribution in [3.8, 4) is 5.75 Å². The summed E-state index contributed by atoms with van der Waals surface area (Å²) in [5.41, 5.74) is 1.15. The third kappa shape index (κ3) is 5.05. The Morgan fingerprint density at radius 1 is 1.10 bits per heavy atom. The Balaban J connectivity index is 1.90. The Bertz CT molecular complexity index is 1030. The van der Waals surface area contributed by atoms with E-state index < -0.39 is 10.0 Å². The Hall–Kier alpha value is -2.09. The van der Waals surface area contributed by atoms with Crippen molar-refractivity contribution in [2.24, 2.45) is 0 Å². The van der Waals surface area contributed by atoms with Gasteiger partial charge in [0.2, 0.25) is 10.0 Å². The van der Waals surface area contributed by atoms with E-state index in [-0.39, 0.29) is 27.4 Å². The Kier molecular flexibility index (Phi) is 7.62. The van der Waals surface area contributed by atoms with Gasteiger partial charge in [0.25, 0.3) is 5.91 Å². The molecule has 2 aromatic carbocycles. The van der Waals surface area contributed by atoms with Crippen LogP contribution in [0, 0.1) is 0 Å². The van der Waals surface area contributed by atoms with Gasteiger partial charge in [0.15, 0.2) is 0 Å². The van der Waals surface area contributed by atoms with E-state index in [1.165, 1.54) is 16.4 Å². The zero-order valence-corrected chi connectivity index (χ0v) is 19.7. The molecule has 1 atom stereocenters. The number of hydrogen-bond acceptors (Lipinski definition) is 4. The van der Waals surface area contributed by atoms with E-state index in [0.717, 1.165) is 31.2 Å². The molecular formula is C23H29ClN2O4S. The molecule has 6 nitrogen and oxygen atoms in total. The minimum atomic E-state index is -3.77. The van der Waals surface area contributed by atoms with Crippen molar-refractivity contribution in [3.63, 3.8) is 0 Å². The van der Waals surface area contributed by atoms with Gasteiger partial charge in [-0.3, -0.25) is 4.79 Å². The van der Waals surface area contributed by atoms with Gasteiger partial charge in [-0.25, -0.2) is 8.42 Å². The first-order valence-corrected chi connectivity index (χ1v) is 12.3. The largest absolute Gasteiger partial charge is 0.496 e. The zero-order valence-electron chi connectivity index (χ0n) is 18.2. The van der Waals surface area contributed by atoms with Crippen LogP contribution >= 0.6 is 11.6 Å². The smallest absolute Gasteiger partial charge is 0.254 e. The first-order valence-electron chi connectivity index (χ1n) is 10.5. The first kappa shape index (κ1) is 23.6. The van der Waals surface area contributed by atoms with Gasteiger partial charge in [-0.15, -0.1) is 0 Å². The molecule has 0 aliphatic carbocycles. The molecule has 0 bridgehead atoms. The van der Waals surface area contributed by atoms with Crippen LogP contribution in [0.25, 0.3) is 0 Å². The summed E-state index contributed by atoms with van der Waals surface area (Å²) in [7, 11) is -0.489. The maximum atomic E-state index is 13.2. The van der Waals surface area contributed by atoms with Crippen molar-refractivity contribution >= 4 is 27.5 Å². The van der Waals surface area contributed by atoms with Gasteiger partial charge in [0, 0.05) is 31.3 Å². The minimum Gasteiger partial charge on any atom is -0.496 e. The van der Waals surface area contributed by atoms with E-state index in [4.69, 9.17) is 16.3 Å². The molecule has 0 saturated carbocycles. The fourth-order valence-electron chi connectivity index (χ4n) is 3.85. The molecule has 2 aromatic rings. The summed E-state index contributed by atoms with van der Waals surface area (Å²) in [6.45, 7) is 2.85. The summed E-state index contributed by atoms with van der Waals surface area (Å²) < 4.78 is 33.4. The molecular weight excluding hydrogens is 436 g/mol. The molecule has 8 heteroatoms. The number of rotatable bonds is 6. The van der Waals surface area contributed by atoms with Gasteiger partial charge in [-0.2, -0.15) is 4.31 Å². The van der Waals surface area contributed by atoms with E-state index >= 15 is 0 Å². The van der Waals surface area contributed by atoms with Crippen molar-refractivity contribution in [2.75, 3.05) is 27.2 Å². The lowest BCUT2D eigenvalue weighted by Crippen LogP contribution is -2.33. The lowest BCUT2D eigenvalue weighted by molar-refractivity contribution is 0.0741. The second-order valence-corrected chi connectivity index (χ2v) is 10.1. The normalized spacial score (nSPS) is 16.4. The lowest BCUT2D eigenvalue weighted by atomic mass is 10.0. The Morgan fingerprint density at radius 3 is 2.39 bits per heavy atom. The van der Waals surface area contributed by atoms with E-state index in [9.17, 15) is 13.2 Å². The number of halogens is 1. The molecule has 3 rings (SSSR count). The van der Waals surface area contributed by atoms with Crippen LogP contribution in [-0.2, 0) is 10.0 Å². The average Bonchev–Trinajstić information content (AvgIpc) is 3.08. The third-order valence-electron chi connectivity index (χ3n) is 5.85.